The molecule has 30 heavy (non-hydrogen) atoms. The third-order valence-electron chi connectivity index (χ3n) is 5.40. The first-order chi connectivity index (χ1) is 14.6. The lowest BCUT2D eigenvalue weighted by atomic mass is 9.88. The summed E-state index contributed by atoms with van der Waals surface area (Å²) in [6.07, 6.45) is 1.28. The van der Waals surface area contributed by atoms with Crippen LogP contribution in [0.4, 0.5) is 4.39 Å². The highest BCUT2D eigenvalue weighted by Gasteiger charge is 2.31. The lowest BCUT2D eigenvalue weighted by molar-refractivity contribution is -0.111. The molecule has 1 aliphatic rings. The average Bonchev–Trinajstić information content (AvgIpc) is 3.19. The highest BCUT2D eigenvalue weighted by atomic mass is 19.1. The number of benzene rings is 3. The maximum atomic E-state index is 13.6. The van der Waals surface area contributed by atoms with Gasteiger partial charge >= 0.3 is 0 Å². The molecule has 0 saturated heterocycles. The van der Waals surface area contributed by atoms with Gasteiger partial charge in [0.1, 0.15) is 5.82 Å². The molecule has 148 valence electrons. The van der Waals surface area contributed by atoms with Gasteiger partial charge in [-0.3, -0.25) is 9.59 Å². The molecule has 0 fully saturated rings. The van der Waals surface area contributed by atoms with Crippen LogP contribution in [0.2, 0.25) is 0 Å². The zero-order valence-electron chi connectivity index (χ0n) is 16.7. The molecular formula is C27H21FO2. The van der Waals surface area contributed by atoms with E-state index in [0.29, 0.717) is 29.6 Å². The largest absolute Gasteiger partial charge is 0.294 e. The Morgan fingerprint density at radius 2 is 1.33 bits per heavy atom. The summed E-state index contributed by atoms with van der Waals surface area (Å²) < 4.78 is 13.4. The molecule has 0 aliphatic heterocycles. The summed E-state index contributed by atoms with van der Waals surface area (Å²) in [4.78, 5) is 26.3. The summed E-state index contributed by atoms with van der Waals surface area (Å²) in [5.41, 5.74) is 5.01. The van der Waals surface area contributed by atoms with Crippen LogP contribution in [0.3, 0.4) is 0 Å². The summed E-state index contributed by atoms with van der Waals surface area (Å²) in [5, 5.41) is 0. The molecule has 1 aliphatic carbocycles. The molecule has 0 unspecified atom stereocenters. The van der Waals surface area contributed by atoms with E-state index in [2.05, 4.69) is 0 Å². The van der Waals surface area contributed by atoms with Crippen LogP contribution in [-0.2, 0) is 4.79 Å². The zero-order chi connectivity index (χ0) is 21.1. The fourth-order valence-corrected chi connectivity index (χ4v) is 4.07. The van der Waals surface area contributed by atoms with Crippen LogP contribution in [-0.4, -0.2) is 11.6 Å². The number of carbonyl (C=O) groups is 2. The van der Waals surface area contributed by atoms with Crippen molar-refractivity contribution in [1.29, 1.82) is 0 Å². The van der Waals surface area contributed by atoms with Crippen LogP contribution >= 0.6 is 0 Å². The molecular weight excluding hydrogens is 375 g/mol. The van der Waals surface area contributed by atoms with E-state index in [1.54, 1.807) is 0 Å². The first kappa shape index (κ1) is 19.7. The van der Waals surface area contributed by atoms with Gasteiger partial charge in [0, 0.05) is 16.7 Å². The first-order valence-corrected chi connectivity index (χ1v) is 9.95. The number of halogens is 1. The quantitative estimate of drug-likeness (QED) is 0.375. The Bertz CT molecular complexity index is 1150. The van der Waals surface area contributed by atoms with E-state index in [-0.39, 0.29) is 17.4 Å². The second-order valence-electron chi connectivity index (χ2n) is 7.33. The van der Waals surface area contributed by atoms with Crippen molar-refractivity contribution >= 4 is 22.7 Å². The molecule has 3 aromatic carbocycles. The second kappa shape index (κ2) is 8.42. The monoisotopic (exact) mass is 396 g/mol. The number of rotatable bonds is 5. The van der Waals surface area contributed by atoms with E-state index in [1.165, 1.54) is 31.2 Å². The van der Waals surface area contributed by atoms with E-state index in [4.69, 9.17) is 0 Å². The number of carbonyl (C=O) groups excluding carboxylic acids is 2. The highest BCUT2D eigenvalue weighted by Crippen LogP contribution is 2.43. The van der Waals surface area contributed by atoms with Crippen molar-refractivity contribution in [2.24, 2.45) is 0 Å². The lowest BCUT2D eigenvalue weighted by Gasteiger charge is -2.14. The SMILES string of the molecule is CC(=O)/C(=C1/CCC(c2ccccc2)=C1C(=O)c1ccc(F)cc1)c1ccccc1. The maximum Gasteiger partial charge on any atom is 0.193 e. The Morgan fingerprint density at radius 1 is 0.733 bits per heavy atom. The molecule has 0 amide bonds. The molecule has 0 saturated carbocycles. The van der Waals surface area contributed by atoms with Crippen molar-refractivity contribution in [3.8, 4) is 0 Å². The van der Waals surface area contributed by atoms with E-state index in [9.17, 15) is 14.0 Å². The van der Waals surface area contributed by atoms with Crippen LogP contribution in [0.5, 0.6) is 0 Å². The fourth-order valence-electron chi connectivity index (χ4n) is 4.07. The Morgan fingerprint density at radius 3 is 1.93 bits per heavy atom. The smallest absolute Gasteiger partial charge is 0.193 e. The maximum absolute atomic E-state index is 13.6. The van der Waals surface area contributed by atoms with Crippen LogP contribution < -0.4 is 0 Å². The van der Waals surface area contributed by atoms with Crippen molar-refractivity contribution in [1.82, 2.24) is 0 Å². The van der Waals surface area contributed by atoms with Gasteiger partial charge < -0.3 is 0 Å². The summed E-state index contributed by atoms with van der Waals surface area (Å²) in [7, 11) is 0. The van der Waals surface area contributed by atoms with Gasteiger partial charge in [-0.05, 0) is 66.3 Å². The molecule has 3 aromatic rings. The zero-order valence-corrected chi connectivity index (χ0v) is 16.7. The minimum Gasteiger partial charge on any atom is -0.294 e. The van der Waals surface area contributed by atoms with Gasteiger partial charge in [0.05, 0.1) is 0 Å². The number of Topliss-reactive ketones (excluding diaryl/α,β-unsaturated/α-hetero) is 2. The molecule has 0 spiro atoms. The van der Waals surface area contributed by atoms with Crippen molar-refractivity contribution in [3.05, 3.63) is 119 Å². The van der Waals surface area contributed by atoms with Crippen LogP contribution in [0.1, 0.15) is 41.3 Å². The molecule has 0 aromatic heterocycles. The van der Waals surface area contributed by atoms with E-state index in [1.807, 2.05) is 60.7 Å². The minimum atomic E-state index is -0.389. The topological polar surface area (TPSA) is 34.1 Å². The van der Waals surface area contributed by atoms with Gasteiger partial charge in [-0.25, -0.2) is 4.39 Å². The predicted octanol–water partition coefficient (Wildman–Crippen LogP) is 6.30. The highest BCUT2D eigenvalue weighted by molar-refractivity contribution is 6.26. The summed E-state index contributed by atoms with van der Waals surface area (Å²) in [6.45, 7) is 1.54. The van der Waals surface area contributed by atoms with Gasteiger partial charge in [0.15, 0.2) is 11.6 Å². The number of ketones is 2. The molecule has 2 nitrogen and oxygen atoms in total. The molecule has 0 heterocycles. The summed E-state index contributed by atoms with van der Waals surface area (Å²) in [6, 6.07) is 24.8. The number of hydrogen-bond acceptors (Lipinski definition) is 2. The van der Waals surface area contributed by atoms with Crippen molar-refractivity contribution in [2.75, 3.05) is 0 Å². The minimum absolute atomic E-state index is 0.0742. The van der Waals surface area contributed by atoms with Crippen molar-refractivity contribution in [2.45, 2.75) is 19.8 Å². The molecule has 0 bridgehead atoms. The average molecular weight is 396 g/mol. The predicted molar refractivity (Wildman–Crippen MR) is 117 cm³/mol. The van der Waals surface area contributed by atoms with Crippen molar-refractivity contribution < 1.29 is 14.0 Å². The Balaban J connectivity index is 1.97. The number of hydrogen-bond donors (Lipinski definition) is 0. The molecule has 3 heteroatoms. The van der Waals surface area contributed by atoms with Gasteiger partial charge in [0.2, 0.25) is 0 Å². The summed E-state index contributed by atoms with van der Waals surface area (Å²) in [5.74, 6) is -0.648. The molecule has 0 N–H and O–H groups in total. The van der Waals surface area contributed by atoms with Crippen molar-refractivity contribution in [3.63, 3.8) is 0 Å². The third-order valence-corrected chi connectivity index (χ3v) is 5.40. The normalized spacial score (nSPS) is 15.3. The lowest BCUT2D eigenvalue weighted by Crippen LogP contribution is -2.09. The van der Waals surface area contributed by atoms with Gasteiger partial charge in [-0.2, -0.15) is 0 Å². The standard InChI is InChI=1S/C27H21FO2/c1-18(29)25(20-10-6-3-7-11-20)24-17-16-23(19-8-4-2-5-9-19)26(24)27(30)21-12-14-22(28)15-13-21/h2-15H,16-17H2,1H3/b25-24+. The fraction of sp³-hybridized carbons (Fsp3) is 0.111. The molecule has 0 atom stereocenters. The Labute approximate surface area is 175 Å². The summed E-state index contributed by atoms with van der Waals surface area (Å²) >= 11 is 0. The van der Waals surface area contributed by atoms with E-state index >= 15 is 0 Å². The van der Waals surface area contributed by atoms with Crippen LogP contribution in [0.15, 0.2) is 96.1 Å². The second-order valence-corrected chi connectivity index (χ2v) is 7.33. The number of allylic oxidation sites excluding steroid dienone is 4. The Kier molecular flexibility index (Phi) is 5.53. The molecule has 0 radical (unpaired) electrons. The van der Waals surface area contributed by atoms with E-state index < -0.39 is 0 Å². The van der Waals surface area contributed by atoms with E-state index in [0.717, 1.165) is 22.3 Å². The van der Waals surface area contributed by atoms with Gasteiger partial charge in [-0.1, -0.05) is 60.7 Å². The first-order valence-electron chi connectivity index (χ1n) is 9.95. The third kappa shape index (κ3) is 3.79. The van der Waals surface area contributed by atoms with Crippen LogP contribution in [0.25, 0.3) is 11.1 Å². The van der Waals surface area contributed by atoms with Crippen LogP contribution in [0, 0.1) is 5.82 Å². The van der Waals surface area contributed by atoms with Gasteiger partial charge in [-0.15, -0.1) is 0 Å². The van der Waals surface area contributed by atoms with Gasteiger partial charge in [0.25, 0.3) is 0 Å². The molecule has 4 rings (SSSR count). The Hall–Kier alpha value is -3.59.